The number of ketones is 1. The maximum atomic E-state index is 11.3. The van der Waals surface area contributed by atoms with Gasteiger partial charge in [-0.3, -0.25) is 14.5 Å². The molecule has 0 bridgehead atoms. The summed E-state index contributed by atoms with van der Waals surface area (Å²) in [6.45, 7) is 10.3. The lowest BCUT2D eigenvalue weighted by Crippen LogP contribution is -2.43. The highest BCUT2D eigenvalue weighted by Gasteiger charge is 2.23. The highest BCUT2D eigenvalue weighted by atomic mass is 16.4. The Balaban J connectivity index is 4.54. The lowest BCUT2D eigenvalue weighted by Gasteiger charge is -2.30. The van der Waals surface area contributed by atoms with Crippen LogP contribution in [0.3, 0.4) is 0 Å². The summed E-state index contributed by atoms with van der Waals surface area (Å²) in [5.74, 6) is -0.758. The zero-order valence-electron chi connectivity index (χ0n) is 10.9. The number of carbonyl (C=O) groups is 2. The van der Waals surface area contributed by atoms with Gasteiger partial charge in [0.2, 0.25) is 0 Å². The molecule has 0 heterocycles. The van der Waals surface area contributed by atoms with Crippen LogP contribution >= 0.6 is 0 Å². The van der Waals surface area contributed by atoms with Gasteiger partial charge in [-0.15, -0.1) is 0 Å². The minimum Gasteiger partial charge on any atom is -0.481 e. The molecule has 1 N–H and O–H groups in total. The molecule has 0 aliphatic rings. The molecule has 0 saturated carbocycles. The molecule has 0 saturated heterocycles. The molecule has 2 atom stereocenters. The largest absolute Gasteiger partial charge is 0.481 e. The third kappa shape index (κ3) is 5.26. The third-order valence-electron chi connectivity index (χ3n) is 2.67. The number of hydrogen-bond acceptors (Lipinski definition) is 3. The van der Waals surface area contributed by atoms with Crippen LogP contribution in [-0.4, -0.2) is 40.9 Å². The number of carbonyl (C=O) groups excluding carboxylic acids is 1. The molecule has 0 aromatic rings. The van der Waals surface area contributed by atoms with Crippen LogP contribution in [0.2, 0.25) is 0 Å². The van der Waals surface area contributed by atoms with E-state index in [1.54, 1.807) is 13.8 Å². The quantitative estimate of drug-likeness (QED) is 0.721. The second-order valence-corrected chi connectivity index (χ2v) is 4.87. The second kappa shape index (κ2) is 6.63. The van der Waals surface area contributed by atoms with E-state index >= 15 is 0 Å². The summed E-state index contributed by atoms with van der Waals surface area (Å²) in [6.07, 6.45) is 0. The van der Waals surface area contributed by atoms with E-state index in [1.807, 2.05) is 11.8 Å². The number of aliphatic carboxylic acids is 1. The summed E-state index contributed by atoms with van der Waals surface area (Å²) in [6, 6.07) is -0.204. The third-order valence-corrected chi connectivity index (χ3v) is 2.67. The average Bonchev–Trinajstić information content (AvgIpc) is 2.14. The molecule has 4 nitrogen and oxygen atoms in total. The highest BCUT2D eigenvalue weighted by molar-refractivity contribution is 5.81. The van der Waals surface area contributed by atoms with Crippen LogP contribution in [0.5, 0.6) is 0 Å². The predicted octanol–water partition coefficient (Wildman–Crippen LogP) is 1.64. The molecule has 0 aromatic carbocycles. The Morgan fingerprint density at radius 1 is 1.12 bits per heavy atom. The van der Waals surface area contributed by atoms with Gasteiger partial charge in [0, 0.05) is 13.1 Å². The number of carboxylic acids is 1. The molecule has 0 rings (SSSR count). The number of nitrogens with zero attached hydrogens (tertiary/aromatic N) is 1. The Labute approximate surface area is 97.6 Å². The normalized spacial score (nSPS) is 15.2. The van der Waals surface area contributed by atoms with Gasteiger partial charge in [-0.05, 0) is 19.8 Å². The molecule has 0 aromatic heterocycles. The fourth-order valence-electron chi connectivity index (χ4n) is 1.55. The molecule has 16 heavy (non-hydrogen) atoms. The Hall–Kier alpha value is -0.900. The van der Waals surface area contributed by atoms with Gasteiger partial charge < -0.3 is 5.11 Å². The zero-order chi connectivity index (χ0) is 12.9. The van der Waals surface area contributed by atoms with Crippen molar-refractivity contribution >= 4 is 11.8 Å². The van der Waals surface area contributed by atoms with E-state index in [0.29, 0.717) is 12.5 Å². The van der Waals surface area contributed by atoms with Crippen molar-refractivity contribution in [2.75, 3.05) is 13.1 Å². The van der Waals surface area contributed by atoms with Crippen LogP contribution in [0.4, 0.5) is 0 Å². The SMILES string of the molecule is CC(=O)C(C)N(CC(C)C)CC(C)C(=O)O. The Kier molecular flexibility index (Phi) is 6.26. The molecule has 4 heteroatoms. The van der Waals surface area contributed by atoms with Crippen LogP contribution in [0.1, 0.15) is 34.6 Å². The van der Waals surface area contributed by atoms with Crippen molar-refractivity contribution < 1.29 is 14.7 Å². The first-order chi connectivity index (χ1) is 7.25. The van der Waals surface area contributed by atoms with Crippen molar-refractivity contribution in [1.29, 1.82) is 0 Å². The van der Waals surface area contributed by atoms with Gasteiger partial charge in [0.15, 0.2) is 0 Å². The molecule has 0 radical (unpaired) electrons. The van der Waals surface area contributed by atoms with Gasteiger partial charge in [-0.25, -0.2) is 0 Å². The van der Waals surface area contributed by atoms with Crippen LogP contribution in [-0.2, 0) is 9.59 Å². The Bertz CT molecular complexity index is 251. The van der Waals surface area contributed by atoms with Gasteiger partial charge in [-0.2, -0.15) is 0 Å². The monoisotopic (exact) mass is 229 g/mol. The van der Waals surface area contributed by atoms with Crippen molar-refractivity contribution in [3.8, 4) is 0 Å². The number of rotatable bonds is 7. The fraction of sp³-hybridized carbons (Fsp3) is 0.833. The van der Waals surface area contributed by atoms with E-state index in [4.69, 9.17) is 5.11 Å². The van der Waals surface area contributed by atoms with Gasteiger partial charge in [0.05, 0.1) is 12.0 Å². The van der Waals surface area contributed by atoms with Crippen LogP contribution in [0, 0.1) is 11.8 Å². The summed E-state index contributed by atoms with van der Waals surface area (Å²) in [5.41, 5.74) is 0. The van der Waals surface area contributed by atoms with Crippen molar-refractivity contribution in [3.63, 3.8) is 0 Å². The summed E-state index contributed by atoms with van der Waals surface area (Å²) < 4.78 is 0. The zero-order valence-corrected chi connectivity index (χ0v) is 10.9. The van der Waals surface area contributed by atoms with E-state index in [2.05, 4.69) is 13.8 Å². The van der Waals surface area contributed by atoms with Crippen molar-refractivity contribution in [2.45, 2.75) is 40.7 Å². The van der Waals surface area contributed by atoms with Crippen molar-refractivity contribution in [3.05, 3.63) is 0 Å². The average molecular weight is 229 g/mol. The van der Waals surface area contributed by atoms with Crippen LogP contribution < -0.4 is 0 Å². The second-order valence-electron chi connectivity index (χ2n) is 4.87. The number of Topliss-reactive ketones (excluding diaryl/α,β-unsaturated/α-hetero) is 1. The topological polar surface area (TPSA) is 57.6 Å². The molecule has 0 aliphatic heterocycles. The van der Waals surface area contributed by atoms with E-state index in [1.165, 1.54) is 0 Å². The van der Waals surface area contributed by atoms with E-state index < -0.39 is 11.9 Å². The van der Waals surface area contributed by atoms with Crippen molar-refractivity contribution in [2.24, 2.45) is 11.8 Å². The summed E-state index contributed by atoms with van der Waals surface area (Å²) in [5, 5.41) is 8.87. The molecule has 0 fully saturated rings. The van der Waals surface area contributed by atoms with Crippen molar-refractivity contribution in [1.82, 2.24) is 4.90 Å². The van der Waals surface area contributed by atoms with Gasteiger partial charge in [0.25, 0.3) is 0 Å². The lowest BCUT2D eigenvalue weighted by atomic mass is 10.1. The fourth-order valence-corrected chi connectivity index (χ4v) is 1.55. The van der Waals surface area contributed by atoms with Gasteiger partial charge in [0.1, 0.15) is 5.78 Å². The Morgan fingerprint density at radius 2 is 1.62 bits per heavy atom. The standard InChI is InChI=1S/C12H23NO3/c1-8(2)6-13(10(4)11(5)14)7-9(3)12(15)16/h8-10H,6-7H2,1-5H3,(H,15,16). The van der Waals surface area contributed by atoms with Crippen LogP contribution in [0.25, 0.3) is 0 Å². The molecule has 0 amide bonds. The molecule has 2 unspecified atom stereocenters. The molecular weight excluding hydrogens is 206 g/mol. The van der Waals surface area contributed by atoms with E-state index in [-0.39, 0.29) is 11.8 Å². The molecular formula is C12H23NO3. The molecule has 0 spiro atoms. The van der Waals surface area contributed by atoms with Crippen LogP contribution in [0.15, 0.2) is 0 Å². The first-order valence-electron chi connectivity index (χ1n) is 5.73. The first kappa shape index (κ1) is 15.1. The maximum absolute atomic E-state index is 11.3. The number of hydrogen-bond donors (Lipinski definition) is 1. The number of carboxylic acid groups (broad SMARTS) is 1. The first-order valence-corrected chi connectivity index (χ1v) is 5.73. The van der Waals surface area contributed by atoms with Gasteiger partial charge >= 0.3 is 5.97 Å². The summed E-state index contributed by atoms with van der Waals surface area (Å²) >= 11 is 0. The molecule has 0 aliphatic carbocycles. The highest BCUT2D eigenvalue weighted by Crippen LogP contribution is 2.09. The minimum absolute atomic E-state index is 0.0817. The predicted molar refractivity (Wildman–Crippen MR) is 63.4 cm³/mol. The minimum atomic E-state index is -0.815. The summed E-state index contributed by atoms with van der Waals surface area (Å²) in [4.78, 5) is 24.1. The van der Waals surface area contributed by atoms with E-state index in [9.17, 15) is 9.59 Å². The Morgan fingerprint density at radius 3 is 1.94 bits per heavy atom. The summed E-state index contributed by atoms with van der Waals surface area (Å²) in [7, 11) is 0. The van der Waals surface area contributed by atoms with E-state index in [0.717, 1.165) is 6.54 Å². The lowest BCUT2D eigenvalue weighted by molar-refractivity contribution is -0.142. The maximum Gasteiger partial charge on any atom is 0.307 e. The molecule has 94 valence electrons. The smallest absolute Gasteiger partial charge is 0.307 e. The van der Waals surface area contributed by atoms with Gasteiger partial charge in [-0.1, -0.05) is 20.8 Å².